The SMILES string of the molecule is CC1(C)CC(Oc2ccc(-c3ccc(-c4cn[nH]c4)s3)nn2)CC(C)(C)N1.Cl.Cl.Cl.Cl.Cl.Oc1cc(-c2cn[nH]c2)ccc1-c1ccc(N2CC3(CCNCC3)C2)nn1. The van der Waals surface area contributed by atoms with Crippen LogP contribution in [0.15, 0.2) is 79.4 Å². The summed E-state index contributed by atoms with van der Waals surface area (Å²) in [6, 6.07) is 17.5. The van der Waals surface area contributed by atoms with Crippen LogP contribution in [0.3, 0.4) is 0 Å². The van der Waals surface area contributed by atoms with E-state index in [1.807, 2.05) is 48.8 Å². The number of rotatable bonds is 7. The quantitative estimate of drug-likeness (QED) is 0.104. The Morgan fingerprint density at radius 1 is 0.695 bits per heavy atom. The minimum absolute atomic E-state index is 0. The number of aromatic nitrogens is 8. The number of benzene rings is 1. The fourth-order valence-corrected chi connectivity index (χ4v) is 9.14. The normalized spacial score (nSPS) is 17.2. The molecule has 9 rings (SSSR count). The van der Waals surface area contributed by atoms with Crippen LogP contribution in [-0.4, -0.2) is 89.3 Å². The maximum atomic E-state index is 10.4. The summed E-state index contributed by atoms with van der Waals surface area (Å²) in [5.41, 5.74) is 5.67. The van der Waals surface area contributed by atoms with Crippen LogP contribution < -0.4 is 20.3 Å². The number of hydrogen-bond donors (Lipinski definition) is 5. The molecule has 1 spiro atoms. The molecule has 5 aromatic heterocycles. The van der Waals surface area contributed by atoms with Gasteiger partial charge in [0.15, 0.2) is 5.82 Å². The van der Waals surface area contributed by atoms with Crippen LogP contribution in [0.4, 0.5) is 5.82 Å². The van der Waals surface area contributed by atoms with Crippen molar-refractivity contribution >= 4 is 79.2 Å². The van der Waals surface area contributed by atoms with Gasteiger partial charge in [-0.05, 0) is 102 Å². The molecule has 0 saturated carbocycles. The number of anilines is 1. The van der Waals surface area contributed by atoms with Gasteiger partial charge in [-0.25, -0.2) is 0 Å². The second kappa shape index (κ2) is 20.7. The monoisotopic (exact) mass is 925 g/mol. The summed E-state index contributed by atoms with van der Waals surface area (Å²) in [5.74, 6) is 1.69. The maximum Gasteiger partial charge on any atom is 0.233 e. The largest absolute Gasteiger partial charge is 0.507 e. The Bertz CT molecular complexity index is 2140. The van der Waals surface area contributed by atoms with Crippen molar-refractivity contribution < 1.29 is 9.84 Å². The van der Waals surface area contributed by atoms with Gasteiger partial charge in [0.05, 0.1) is 23.0 Å². The van der Waals surface area contributed by atoms with E-state index in [1.54, 1.807) is 29.8 Å². The number of nitrogens with zero attached hydrogens (tertiary/aromatic N) is 7. The summed E-state index contributed by atoms with van der Waals surface area (Å²) in [4.78, 5) is 4.53. The van der Waals surface area contributed by atoms with Gasteiger partial charge in [-0.15, -0.1) is 93.8 Å². The molecule has 5 N–H and O–H groups in total. The predicted octanol–water partition coefficient (Wildman–Crippen LogP) is 8.82. The molecule has 0 radical (unpaired) electrons. The number of phenolic OH excluding ortho intramolecular Hbond substituents is 1. The third-order valence-electron chi connectivity index (χ3n) is 10.5. The lowest BCUT2D eigenvalue weighted by atomic mass is 9.72. The number of H-pyrrole nitrogens is 2. The van der Waals surface area contributed by atoms with Gasteiger partial charge in [-0.3, -0.25) is 10.2 Å². The Kier molecular flexibility index (Phi) is 17.4. The summed E-state index contributed by atoms with van der Waals surface area (Å²) >= 11 is 1.67. The highest BCUT2D eigenvalue weighted by atomic mass is 35.5. The van der Waals surface area contributed by atoms with E-state index in [-0.39, 0.29) is 85.0 Å². The van der Waals surface area contributed by atoms with Crippen molar-refractivity contribution in [1.29, 1.82) is 0 Å². The molecule has 3 aliphatic heterocycles. The van der Waals surface area contributed by atoms with Gasteiger partial charge in [-0.2, -0.15) is 10.2 Å². The van der Waals surface area contributed by atoms with Crippen molar-refractivity contribution in [1.82, 2.24) is 51.4 Å². The second-order valence-electron chi connectivity index (χ2n) is 16.1. The predicted molar refractivity (Wildman–Crippen MR) is 248 cm³/mol. The molecule has 3 fully saturated rings. The van der Waals surface area contributed by atoms with Crippen LogP contribution in [0.5, 0.6) is 11.6 Å². The van der Waals surface area contributed by atoms with Gasteiger partial charge in [0.1, 0.15) is 17.5 Å². The number of halogens is 5. The molecular weight excluding hydrogens is 876 g/mol. The number of aromatic amines is 2. The molecular formula is C40H52Cl5N11O2S. The number of thiophene rings is 1. The van der Waals surface area contributed by atoms with Crippen LogP contribution in [0.1, 0.15) is 53.4 Å². The molecule has 6 aromatic rings. The molecule has 0 atom stereocenters. The first-order chi connectivity index (χ1) is 26.0. The van der Waals surface area contributed by atoms with E-state index >= 15 is 0 Å². The standard InChI is InChI=1S/C20H22N6O.C20H25N5OS.5ClH/c27-18-9-14(15-10-22-23-11-15)1-2-16(18)17-3-4-19(25-24-17)26-12-20(13-26)5-7-21-8-6-20;1-19(2)9-14(10-20(3,4)25-19)26-18-8-5-15(23-24-18)17-7-6-16(27-17)13-11-21-22-12-13;;;;;/h1-4,9-11,21,27H,5-8,12-13H2,(H,22,23);5-8,11-12,14,25H,9-10H2,1-4H3,(H,21,22);5*1H. The molecule has 0 aliphatic carbocycles. The average molecular weight is 928 g/mol. The van der Waals surface area contributed by atoms with Crippen molar-refractivity contribution in [2.24, 2.45) is 5.41 Å². The zero-order chi connectivity index (χ0) is 37.3. The Hall–Kier alpha value is -3.73. The molecule has 0 unspecified atom stereocenters. The van der Waals surface area contributed by atoms with Gasteiger partial charge in [0.25, 0.3) is 0 Å². The number of hydrogen-bond acceptors (Lipinski definition) is 12. The molecule has 320 valence electrons. The van der Waals surface area contributed by atoms with Crippen molar-refractivity contribution in [3.8, 4) is 55.0 Å². The summed E-state index contributed by atoms with van der Waals surface area (Å²) in [5, 5.41) is 48.5. The lowest BCUT2D eigenvalue weighted by Gasteiger charge is -2.52. The van der Waals surface area contributed by atoms with Crippen molar-refractivity contribution in [2.45, 2.75) is 70.6 Å². The molecule has 1 aromatic carbocycles. The van der Waals surface area contributed by atoms with E-state index in [0.717, 1.165) is 77.0 Å². The topological polar surface area (TPSA) is 166 Å². The number of phenols is 1. The van der Waals surface area contributed by atoms with Gasteiger partial charge in [0, 0.05) is 82.5 Å². The van der Waals surface area contributed by atoms with Gasteiger partial charge in [-0.1, -0.05) is 6.07 Å². The van der Waals surface area contributed by atoms with Crippen LogP contribution in [-0.2, 0) is 0 Å². The lowest BCUT2D eigenvalue weighted by molar-refractivity contribution is 0.0524. The van der Waals surface area contributed by atoms with E-state index in [4.69, 9.17) is 4.74 Å². The summed E-state index contributed by atoms with van der Waals surface area (Å²) in [6.45, 7) is 13.2. The van der Waals surface area contributed by atoms with Crippen molar-refractivity contribution in [3.63, 3.8) is 0 Å². The first-order valence-electron chi connectivity index (χ1n) is 18.5. The molecule has 0 amide bonds. The van der Waals surface area contributed by atoms with Gasteiger partial charge in [0.2, 0.25) is 5.88 Å². The van der Waals surface area contributed by atoms with Gasteiger partial charge < -0.3 is 25.4 Å². The second-order valence-corrected chi connectivity index (χ2v) is 17.1. The minimum Gasteiger partial charge on any atom is -0.507 e. The van der Waals surface area contributed by atoms with Crippen LogP contribution >= 0.6 is 73.4 Å². The van der Waals surface area contributed by atoms with Gasteiger partial charge >= 0.3 is 0 Å². The Morgan fingerprint density at radius 3 is 1.90 bits per heavy atom. The van der Waals surface area contributed by atoms with E-state index < -0.39 is 0 Å². The smallest absolute Gasteiger partial charge is 0.233 e. The van der Waals surface area contributed by atoms with E-state index in [0.29, 0.717) is 22.6 Å². The summed E-state index contributed by atoms with van der Waals surface area (Å²) in [6.07, 6.45) is 11.7. The number of ether oxygens (including phenoxy) is 1. The van der Waals surface area contributed by atoms with Crippen LogP contribution in [0, 0.1) is 5.41 Å². The van der Waals surface area contributed by atoms with Crippen LogP contribution in [0.2, 0.25) is 0 Å². The minimum atomic E-state index is 0. The fraction of sp³-hybridized carbons (Fsp3) is 0.400. The lowest BCUT2D eigenvalue weighted by Crippen LogP contribution is -2.60. The Labute approximate surface area is 379 Å². The van der Waals surface area contributed by atoms with E-state index in [2.05, 4.69) is 96.2 Å². The highest BCUT2D eigenvalue weighted by Crippen LogP contribution is 2.41. The van der Waals surface area contributed by atoms with E-state index in [9.17, 15) is 5.11 Å². The number of aromatic hydroxyl groups is 1. The highest BCUT2D eigenvalue weighted by molar-refractivity contribution is 7.18. The molecule has 0 bridgehead atoms. The molecule has 19 heteroatoms. The van der Waals surface area contributed by atoms with Crippen molar-refractivity contribution in [3.05, 3.63) is 79.4 Å². The zero-order valence-corrected chi connectivity index (χ0v) is 38.1. The summed E-state index contributed by atoms with van der Waals surface area (Å²) < 4.78 is 6.16. The molecule has 3 saturated heterocycles. The first-order valence-corrected chi connectivity index (χ1v) is 19.3. The fourth-order valence-electron chi connectivity index (χ4n) is 8.19. The first kappa shape index (κ1) is 49.6. The Morgan fingerprint density at radius 2 is 1.32 bits per heavy atom. The molecule has 13 nitrogen and oxygen atoms in total. The number of nitrogens with one attached hydrogen (secondary N) is 4. The van der Waals surface area contributed by atoms with E-state index in [1.165, 1.54) is 12.8 Å². The molecule has 59 heavy (non-hydrogen) atoms. The Balaban J connectivity index is 0.000000291. The maximum absolute atomic E-state index is 10.4. The third kappa shape index (κ3) is 11.8. The highest BCUT2D eigenvalue weighted by Gasteiger charge is 2.44. The third-order valence-corrected chi connectivity index (χ3v) is 11.7. The molecule has 3 aliphatic rings. The number of piperidine rings is 2. The van der Waals surface area contributed by atoms with Crippen molar-refractivity contribution in [2.75, 3.05) is 31.1 Å². The van der Waals surface area contributed by atoms with Crippen LogP contribution in [0.25, 0.3) is 43.4 Å². The molecule has 8 heterocycles. The zero-order valence-electron chi connectivity index (χ0n) is 33.2. The average Bonchev–Trinajstić information content (AvgIpc) is 3.95. The summed E-state index contributed by atoms with van der Waals surface area (Å²) in [7, 11) is 0.